The number of aryl methyl sites for hydroxylation is 1. The van der Waals surface area contributed by atoms with Gasteiger partial charge in [0, 0.05) is 28.0 Å². The minimum absolute atomic E-state index is 0.0250. The molecule has 1 saturated heterocycles. The van der Waals surface area contributed by atoms with Crippen LogP contribution >= 0.6 is 22.9 Å². The molecule has 4 heterocycles. The molecule has 1 fully saturated rings. The fourth-order valence-corrected chi connectivity index (χ4v) is 8.09. The number of rotatable bonds is 4. The van der Waals surface area contributed by atoms with E-state index in [0.717, 1.165) is 68.3 Å². The minimum atomic E-state index is -0.336. The van der Waals surface area contributed by atoms with Gasteiger partial charge < -0.3 is 10.5 Å². The molecule has 0 aromatic carbocycles. The molecule has 1 aliphatic heterocycles. The first kappa shape index (κ1) is 24.5. The molecule has 0 bridgehead atoms. The number of anilines is 1. The number of hydrogen-bond acceptors (Lipinski definition) is 9. The van der Waals surface area contributed by atoms with Crippen molar-refractivity contribution in [1.29, 1.82) is 5.26 Å². The van der Waals surface area contributed by atoms with Crippen LogP contribution in [0.1, 0.15) is 72.7 Å². The van der Waals surface area contributed by atoms with Crippen molar-refractivity contribution in [2.24, 2.45) is 0 Å². The number of likely N-dealkylation sites (N-methyl/N-ethyl adjacent to an activating group) is 1. The number of nitrogens with zero attached hydrogens (tertiary/aromatic N) is 6. The molecule has 8 nitrogen and oxygen atoms in total. The largest absolute Gasteiger partial charge is 0.473 e. The van der Waals surface area contributed by atoms with E-state index in [0.29, 0.717) is 39.2 Å². The Kier molecular flexibility index (Phi) is 6.30. The summed E-state index contributed by atoms with van der Waals surface area (Å²) in [7, 11) is 2.13. The summed E-state index contributed by atoms with van der Waals surface area (Å²) in [6, 6.07) is 4.41. The molecule has 3 aromatic heterocycles. The van der Waals surface area contributed by atoms with Crippen molar-refractivity contribution < 1.29 is 4.74 Å². The third-order valence-electron chi connectivity index (χ3n) is 8.34. The topological polar surface area (TPSA) is 114 Å². The van der Waals surface area contributed by atoms with Crippen LogP contribution in [0.25, 0.3) is 11.5 Å². The highest BCUT2D eigenvalue weighted by atomic mass is 35.5. The van der Waals surface area contributed by atoms with Gasteiger partial charge in [0.2, 0.25) is 5.88 Å². The van der Waals surface area contributed by atoms with Crippen LogP contribution in [0.2, 0.25) is 5.15 Å². The fraction of sp³-hybridized carbons (Fsp3) is 0.519. The zero-order valence-electron chi connectivity index (χ0n) is 21.1. The summed E-state index contributed by atoms with van der Waals surface area (Å²) in [6.07, 6.45) is 9.48. The first-order valence-electron chi connectivity index (χ1n) is 13.0. The van der Waals surface area contributed by atoms with Crippen LogP contribution in [0.5, 0.6) is 5.88 Å². The number of nitrogens with two attached hydrogens (primary N) is 1. The third-order valence-corrected chi connectivity index (χ3v) is 9.62. The van der Waals surface area contributed by atoms with E-state index in [1.165, 1.54) is 11.3 Å². The molecule has 2 aliphatic carbocycles. The molecule has 37 heavy (non-hydrogen) atoms. The minimum Gasteiger partial charge on any atom is -0.473 e. The van der Waals surface area contributed by atoms with Gasteiger partial charge in [-0.2, -0.15) is 10.2 Å². The van der Waals surface area contributed by atoms with E-state index in [4.69, 9.17) is 32.0 Å². The van der Waals surface area contributed by atoms with Crippen LogP contribution in [0.4, 0.5) is 5.00 Å². The van der Waals surface area contributed by atoms with E-state index < -0.39 is 0 Å². The van der Waals surface area contributed by atoms with Crippen molar-refractivity contribution in [2.45, 2.75) is 75.9 Å². The molecule has 1 unspecified atom stereocenters. The van der Waals surface area contributed by atoms with Crippen LogP contribution < -0.4 is 10.5 Å². The lowest BCUT2D eigenvalue weighted by molar-refractivity contribution is 0.117. The van der Waals surface area contributed by atoms with Gasteiger partial charge in [0.05, 0.1) is 11.3 Å². The van der Waals surface area contributed by atoms with Gasteiger partial charge >= 0.3 is 0 Å². The summed E-state index contributed by atoms with van der Waals surface area (Å²) in [4.78, 5) is 22.4. The molecule has 0 radical (unpaired) electrons. The molecule has 10 heteroatoms. The Morgan fingerprint density at radius 2 is 2.05 bits per heavy atom. The summed E-state index contributed by atoms with van der Waals surface area (Å²) in [6.45, 7) is 3.16. The maximum atomic E-state index is 9.98. The van der Waals surface area contributed by atoms with E-state index in [2.05, 4.69) is 34.9 Å². The predicted molar refractivity (Wildman–Crippen MR) is 144 cm³/mol. The molecule has 3 aromatic rings. The zero-order valence-corrected chi connectivity index (χ0v) is 22.7. The third kappa shape index (κ3) is 4.06. The van der Waals surface area contributed by atoms with Crippen LogP contribution in [0.3, 0.4) is 0 Å². The number of likely N-dealkylation sites (tertiary alicyclic amines) is 1. The molecule has 3 aliphatic rings. The monoisotopic (exact) mass is 535 g/mol. The standard InChI is InChI=1S/C27H30ClN7OS/c1-15(18-7-5-11-35(18)2)36-21-12-20(28)33-26(34-21)23-16-6-3-9-27(24(16)32-14-31-23)10-4-8-19-22(27)17(13-29)25(30)37-19/h12,14-15,18H,3-11,30H2,1-2H3/t15-,18-,27?/m0/s1. The lowest BCUT2D eigenvalue weighted by Gasteiger charge is -2.41. The van der Waals surface area contributed by atoms with Crippen molar-refractivity contribution in [1.82, 2.24) is 24.8 Å². The Morgan fingerprint density at radius 3 is 2.81 bits per heavy atom. The SMILES string of the molecule is C[C@H](Oc1cc(Cl)nc(-c2ncnc3c2CCCC32CCCc3sc(N)c(C#N)c32)n1)[C@@H]1CCCN1C. The van der Waals surface area contributed by atoms with Crippen molar-refractivity contribution >= 4 is 27.9 Å². The quantitative estimate of drug-likeness (QED) is 0.468. The second kappa shape index (κ2) is 9.50. The molecular formula is C27H30ClN7OS. The van der Waals surface area contributed by atoms with Gasteiger partial charge in [-0.3, -0.25) is 4.90 Å². The second-order valence-corrected chi connectivity index (χ2v) is 12.0. The van der Waals surface area contributed by atoms with Crippen LogP contribution in [-0.4, -0.2) is 50.6 Å². The van der Waals surface area contributed by atoms with Gasteiger partial charge in [0.25, 0.3) is 0 Å². The van der Waals surface area contributed by atoms with E-state index in [1.54, 1.807) is 23.7 Å². The second-order valence-electron chi connectivity index (χ2n) is 10.5. The van der Waals surface area contributed by atoms with Gasteiger partial charge in [-0.25, -0.2) is 15.0 Å². The predicted octanol–water partition coefficient (Wildman–Crippen LogP) is 4.92. The number of fused-ring (bicyclic) bond motifs is 4. The van der Waals surface area contributed by atoms with Crippen molar-refractivity contribution in [2.75, 3.05) is 19.3 Å². The highest BCUT2D eigenvalue weighted by molar-refractivity contribution is 7.16. The van der Waals surface area contributed by atoms with Crippen molar-refractivity contribution in [3.63, 3.8) is 0 Å². The highest BCUT2D eigenvalue weighted by Crippen LogP contribution is 2.54. The molecule has 192 valence electrons. The molecule has 3 atom stereocenters. The summed E-state index contributed by atoms with van der Waals surface area (Å²) < 4.78 is 6.28. The maximum Gasteiger partial charge on any atom is 0.218 e. The molecule has 0 saturated carbocycles. The van der Waals surface area contributed by atoms with Gasteiger partial charge in [0.15, 0.2) is 5.82 Å². The van der Waals surface area contributed by atoms with Gasteiger partial charge in [-0.15, -0.1) is 11.3 Å². The van der Waals surface area contributed by atoms with Crippen molar-refractivity contribution in [3.8, 4) is 23.5 Å². The van der Waals surface area contributed by atoms with E-state index in [-0.39, 0.29) is 11.5 Å². The first-order valence-corrected chi connectivity index (χ1v) is 14.2. The lowest BCUT2D eigenvalue weighted by atomic mass is 9.62. The number of aromatic nitrogens is 4. The Labute approximate surface area is 225 Å². The average molecular weight is 536 g/mol. The maximum absolute atomic E-state index is 9.98. The Morgan fingerprint density at radius 1 is 1.24 bits per heavy atom. The smallest absolute Gasteiger partial charge is 0.218 e. The zero-order chi connectivity index (χ0) is 25.7. The van der Waals surface area contributed by atoms with Crippen LogP contribution in [0, 0.1) is 11.3 Å². The van der Waals surface area contributed by atoms with Crippen molar-refractivity contribution in [3.05, 3.63) is 44.8 Å². The van der Waals surface area contributed by atoms with Crippen LogP contribution in [0.15, 0.2) is 12.4 Å². The van der Waals surface area contributed by atoms with E-state index in [1.807, 2.05) is 0 Å². The highest BCUT2D eigenvalue weighted by Gasteiger charge is 2.46. The number of halogens is 1. The summed E-state index contributed by atoms with van der Waals surface area (Å²) in [5.41, 5.74) is 10.4. The fourth-order valence-electron chi connectivity index (χ4n) is 6.75. The number of nitriles is 1. The molecule has 1 spiro atoms. The first-order chi connectivity index (χ1) is 17.9. The van der Waals surface area contributed by atoms with Gasteiger partial charge in [-0.1, -0.05) is 11.6 Å². The number of thiophene rings is 1. The summed E-state index contributed by atoms with van der Waals surface area (Å²) in [5, 5.41) is 10.9. The van der Waals surface area contributed by atoms with E-state index >= 15 is 0 Å². The Hall–Kier alpha value is -2.80. The summed E-state index contributed by atoms with van der Waals surface area (Å²) >= 11 is 8.03. The number of hydrogen-bond donors (Lipinski definition) is 1. The molecule has 2 N–H and O–H groups in total. The normalized spacial score (nSPS) is 23.9. The van der Waals surface area contributed by atoms with E-state index in [9.17, 15) is 5.26 Å². The molecular weight excluding hydrogens is 506 g/mol. The average Bonchev–Trinajstić information content (AvgIpc) is 3.46. The summed E-state index contributed by atoms with van der Waals surface area (Å²) in [5.74, 6) is 0.907. The Bertz CT molecular complexity index is 1400. The Balaban J connectivity index is 1.42. The molecule has 0 amide bonds. The number of ether oxygens (including phenoxy) is 1. The molecule has 6 rings (SSSR count). The van der Waals surface area contributed by atoms with Crippen LogP contribution in [-0.2, 0) is 18.3 Å². The van der Waals surface area contributed by atoms with Gasteiger partial charge in [0.1, 0.15) is 34.3 Å². The van der Waals surface area contributed by atoms with Gasteiger partial charge in [-0.05, 0) is 77.4 Å². The lowest BCUT2D eigenvalue weighted by Crippen LogP contribution is -2.38. The number of nitrogen functional groups attached to an aromatic ring is 1.